The van der Waals surface area contributed by atoms with Gasteiger partial charge in [0.2, 0.25) is 0 Å². The number of Topliss-reactive ketones (excluding diaryl/α,β-unsaturated/α-hetero) is 1. The number of nitrogens with two attached hydrogens (primary N) is 1. The van der Waals surface area contributed by atoms with Crippen molar-refractivity contribution in [1.29, 1.82) is 0 Å². The zero-order valence-corrected chi connectivity index (χ0v) is 9.00. The molecule has 2 atom stereocenters. The highest BCUT2D eigenvalue weighted by atomic mass is 16.5. The van der Waals surface area contributed by atoms with Crippen molar-refractivity contribution < 1.29 is 9.53 Å². The smallest absolute Gasteiger partial charge is 0.137 e. The molecule has 1 aliphatic rings. The van der Waals surface area contributed by atoms with Crippen molar-refractivity contribution in [3.8, 4) is 0 Å². The highest BCUT2D eigenvalue weighted by Gasteiger charge is 2.26. The molecule has 2 N–H and O–H groups in total. The average molecular weight is 199 g/mol. The third-order valence-corrected chi connectivity index (χ3v) is 3.02. The van der Waals surface area contributed by atoms with Crippen molar-refractivity contribution >= 4 is 5.78 Å². The SMILES string of the molecule is COCCC(N)C1CCCCCC1=O. The Hall–Kier alpha value is -0.410. The maximum absolute atomic E-state index is 11.7. The number of ether oxygens (including phenoxy) is 1. The fraction of sp³-hybridized carbons (Fsp3) is 0.909. The summed E-state index contributed by atoms with van der Waals surface area (Å²) in [7, 11) is 1.67. The number of hydrogen-bond acceptors (Lipinski definition) is 3. The second-order valence-electron chi connectivity index (χ2n) is 4.12. The number of methoxy groups -OCH3 is 1. The molecule has 2 unspecified atom stereocenters. The van der Waals surface area contributed by atoms with Crippen LogP contribution in [0.2, 0.25) is 0 Å². The van der Waals surface area contributed by atoms with E-state index in [-0.39, 0.29) is 12.0 Å². The first-order chi connectivity index (χ1) is 6.75. The van der Waals surface area contributed by atoms with Gasteiger partial charge in [0.15, 0.2) is 0 Å². The monoisotopic (exact) mass is 199 g/mol. The minimum atomic E-state index is 0.000509. The summed E-state index contributed by atoms with van der Waals surface area (Å²) in [6.45, 7) is 0.658. The molecular formula is C11H21NO2. The van der Waals surface area contributed by atoms with E-state index in [4.69, 9.17) is 10.5 Å². The van der Waals surface area contributed by atoms with Gasteiger partial charge in [-0.25, -0.2) is 0 Å². The number of rotatable bonds is 4. The molecule has 1 saturated carbocycles. The molecular weight excluding hydrogens is 178 g/mol. The predicted molar refractivity (Wildman–Crippen MR) is 56.1 cm³/mol. The van der Waals surface area contributed by atoms with Gasteiger partial charge in [0, 0.05) is 32.1 Å². The van der Waals surface area contributed by atoms with Crippen LogP contribution < -0.4 is 5.73 Å². The van der Waals surface area contributed by atoms with Gasteiger partial charge >= 0.3 is 0 Å². The van der Waals surface area contributed by atoms with Gasteiger partial charge in [0.1, 0.15) is 5.78 Å². The van der Waals surface area contributed by atoms with Crippen LogP contribution >= 0.6 is 0 Å². The average Bonchev–Trinajstić information content (AvgIpc) is 2.39. The van der Waals surface area contributed by atoms with Crippen LogP contribution in [0, 0.1) is 5.92 Å². The third-order valence-electron chi connectivity index (χ3n) is 3.02. The molecule has 0 spiro atoms. The minimum absolute atomic E-state index is 0.000509. The Labute approximate surface area is 86.0 Å². The van der Waals surface area contributed by atoms with E-state index in [0.717, 1.165) is 32.1 Å². The molecule has 0 bridgehead atoms. The lowest BCUT2D eigenvalue weighted by Crippen LogP contribution is -2.35. The Morgan fingerprint density at radius 3 is 3.00 bits per heavy atom. The number of hydrogen-bond donors (Lipinski definition) is 1. The van der Waals surface area contributed by atoms with Gasteiger partial charge in [-0.05, 0) is 19.3 Å². The van der Waals surface area contributed by atoms with Gasteiger partial charge in [-0.3, -0.25) is 4.79 Å². The molecule has 1 fully saturated rings. The zero-order valence-electron chi connectivity index (χ0n) is 9.00. The Kier molecular flexibility index (Phi) is 5.12. The van der Waals surface area contributed by atoms with Gasteiger partial charge in [0.25, 0.3) is 0 Å². The summed E-state index contributed by atoms with van der Waals surface area (Å²) < 4.78 is 4.98. The largest absolute Gasteiger partial charge is 0.385 e. The van der Waals surface area contributed by atoms with Crippen LogP contribution in [0.1, 0.15) is 38.5 Å². The van der Waals surface area contributed by atoms with Crippen molar-refractivity contribution in [3.05, 3.63) is 0 Å². The summed E-state index contributed by atoms with van der Waals surface area (Å²) in [6.07, 6.45) is 5.88. The van der Waals surface area contributed by atoms with Crippen molar-refractivity contribution in [2.24, 2.45) is 11.7 Å². The van der Waals surface area contributed by atoms with Crippen molar-refractivity contribution in [3.63, 3.8) is 0 Å². The van der Waals surface area contributed by atoms with Gasteiger partial charge in [0.05, 0.1) is 0 Å². The molecule has 3 heteroatoms. The lowest BCUT2D eigenvalue weighted by atomic mass is 9.89. The highest BCUT2D eigenvalue weighted by Crippen LogP contribution is 2.23. The van der Waals surface area contributed by atoms with Gasteiger partial charge in [-0.1, -0.05) is 12.8 Å². The predicted octanol–water partition coefficient (Wildman–Crippen LogP) is 1.50. The van der Waals surface area contributed by atoms with E-state index >= 15 is 0 Å². The van der Waals surface area contributed by atoms with Gasteiger partial charge < -0.3 is 10.5 Å². The van der Waals surface area contributed by atoms with Crippen LogP contribution in [0.4, 0.5) is 0 Å². The van der Waals surface area contributed by atoms with Crippen LogP contribution in [0.5, 0.6) is 0 Å². The fourth-order valence-electron chi connectivity index (χ4n) is 2.09. The molecule has 0 aliphatic heterocycles. The summed E-state index contributed by atoms with van der Waals surface area (Å²) in [5, 5.41) is 0. The second-order valence-corrected chi connectivity index (χ2v) is 4.12. The van der Waals surface area contributed by atoms with E-state index in [2.05, 4.69) is 0 Å². The summed E-state index contributed by atoms with van der Waals surface area (Å²) in [4.78, 5) is 11.7. The zero-order chi connectivity index (χ0) is 10.4. The molecule has 0 aromatic heterocycles. The van der Waals surface area contributed by atoms with E-state index in [1.807, 2.05) is 0 Å². The summed E-state index contributed by atoms with van der Waals surface area (Å²) >= 11 is 0. The summed E-state index contributed by atoms with van der Waals surface area (Å²) in [6, 6.07) is 0.000509. The summed E-state index contributed by atoms with van der Waals surface area (Å²) in [5.41, 5.74) is 5.99. The first-order valence-electron chi connectivity index (χ1n) is 5.53. The second kappa shape index (κ2) is 6.14. The molecule has 0 saturated heterocycles. The minimum Gasteiger partial charge on any atom is -0.385 e. The molecule has 14 heavy (non-hydrogen) atoms. The fourth-order valence-corrected chi connectivity index (χ4v) is 2.09. The lowest BCUT2D eigenvalue weighted by molar-refractivity contribution is -0.123. The maximum Gasteiger partial charge on any atom is 0.137 e. The van der Waals surface area contributed by atoms with Gasteiger partial charge in [-0.15, -0.1) is 0 Å². The van der Waals surface area contributed by atoms with Crippen LogP contribution in [0.25, 0.3) is 0 Å². The molecule has 1 rings (SSSR count). The van der Waals surface area contributed by atoms with Crippen molar-refractivity contribution in [2.45, 2.75) is 44.6 Å². The molecule has 0 heterocycles. The van der Waals surface area contributed by atoms with E-state index in [1.54, 1.807) is 7.11 Å². The standard InChI is InChI=1S/C11H21NO2/c1-14-8-7-10(12)9-5-3-2-4-6-11(9)13/h9-10H,2-8,12H2,1H3. The Bertz CT molecular complexity index is 182. The third kappa shape index (κ3) is 3.39. The lowest BCUT2D eigenvalue weighted by Gasteiger charge is -2.20. The Balaban J connectivity index is 2.41. The van der Waals surface area contributed by atoms with Crippen LogP contribution in [0.3, 0.4) is 0 Å². The van der Waals surface area contributed by atoms with Crippen molar-refractivity contribution in [2.75, 3.05) is 13.7 Å². The highest BCUT2D eigenvalue weighted by molar-refractivity contribution is 5.81. The number of carbonyl (C=O) groups is 1. The Morgan fingerprint density at radius 2 is 2.29 bits per heavy atom. The first kappa shape index (κ1) is 11.7. The number of ketones is 1. The van der Waals surface area contributed by atoms with Crippen molar-refractivity contribution in [1.82, 2.24) is 0 Å². The molecule has 0 amide bonds. The molecule has 0 aromatic carbocycles. The van der Waals surface area contributed by atoms with Crippen LogP contribution in [-0.4, -0.2) is 25.5 Å². The van der Waals surface area contributed by atoms with E-state index in [9.17, 15) is 4.79 Å². The van der Waals surface area contributed by atoms with E-state index in [1.165, 1.54) is 6.42 Å². The first-order valence-corrected chi connectivity index (χ1v) is 5.53. The normalized spacial score (nSPS) is 25.9. The molecule has 82 valence electrons. The number of carbonyl (C=O) groups excluding carboxylic acids is 1. The van der Waals surface area contributed by atoms with E-state index in [0.29, 0.717) is 12.4 Å². The van der Waals surface area contributed by atoms with Crippen LogP contribution in [-0.2, 0) is 9.53 Å². The molecule has 1 aliphatic carbocycles. The van der Waals surface area contributed by atoms with Gasteiger partial charge in [-0.2, -0.15) is 0 Å². The Morgan fingerprint density at radius 1 is 1.50 bits per heavy atom. The molecule has 0 aromatic rings. The quantitative estimate of drug-likeness (QED) is 0.698. The van der Waals surface area contributed by atoms with Crippen LogP contribution in [0.15, 0.2) is 0 Å². The molecule has 3 nitrogen and oxygen atoms in total. The maximum atomic E-state index is 11.7. The molecule has 0 radical (unpaired) electrons. The topological polar surface area (TPSA) is 52.3 Å². The summed E-state index contributed by atoms with van der Waals surface area (Å²) in [5.74, 6) is 0.457. The van der Waals surface area contributed by atoms with E-state index < -0.39 is 0 Å².